The summed E-state index contributed by atoms with van der Waals surface area (Å²) in [5, 5.41) is 2.79. The minimum atomic E-state index is -0.297. The second-order valence-corrected chi connectivity index (χ2v) is 5.65. The number of hydrogen-bond acceptors (Lipinski definition) is 2. The standard InChI is InChI=1S/C12H19ClN2O2/c1-7(16)15-10-6-9(13)4-3-8(10)5-11(15)12(17)14-2/h8-11H,3-6H2,1-2H3,(H,14,17)/t8-,9+,10-,11-/m0/s1. The smallest absolute Gasteiger partial charge is 0.242 e. The van der Waals surface area contributed by atoms with Crippen LogP contribution in [0.4, 0.5) is 0 Å². The Labute approximate surface area is 107 Å². The number of nitrogens with zero attached hydrogens (tertiary/aromatic N) is 1. The molecule has 1 aliphatic carbocycles. The first kappa shape index (κ1) is 12.7. The van der Waals surface area contributed by atoms with E-state index in [2.05, 4.69) is 5.32 Å². The summed E-state index contributed by atoms with van der Waals surface area (Å²) in [6.07, 6.45) is 3.62. The Hall–Kier alpha value is -0.770. The van der Waals surface area contributed by atoms with Crippen LogP contribution in [0.1, 0.15) is 32.6 Å². The number of rotatable bonds is 1. The summed E-state index contributed by atoms with van der Waals surface area (Å²) in [7, 11) is 1.62. The van der Waals surface area contributed by atoms with E-state index >= 15 is 0 Å². The molecular weight excluding hydrogens is 240 g/mol. The van der Waals surface area contributed by atoms with Gasteiger partial charge in [0.2, 0.25) is 11.8 Å². The summed E-state index contributed by atoms with van der Waals surface area (Å²) in [6.45, 7) is 1.54. The lowest BCUT2D eigenvalue weighted by Crippen LogP contribution is -2.48. The Morgan fingerprint density at radius 1 is 1.29 bits per heavy atom. The fourth-order valence-electron chi connectivity index (χ4n) is 3.26. The van der Waals surface area contributed by atoms with Gasteiger partial charge < -0.3 is 10.2 Å². The minimum absolute atomic E-state index is 0.0168. The van der Waals surface area contributed by atoms with Gasteiger partial charge in [0.1, 0.15) is 6.04 Å². The van der Waals surface area contributed by atoms with Gasteiger partial charge in [0.25, 0.3) is 0 Å². The summed E-state index contributed by atoms with van der Waals surface area (Å²) >= 11 is 6.18. The molecule has 2 fully saturated rings. The summed E-state index contributed by atoms with van der Waals surface area (Å²) in [4.78, 5) is 25.3. The Kier molecular flexibility index (Phi) is 3.61. The molecule has 2 aliphatic rings. The first-order valence-corrected chi connectivity index (χ1v) is 6.62. The van der Waals surface area contributed by atoms with Crippen molar-refractivity contribution in [2.75, 3.05) is 7.05 Å². The Morgan fingerprint density at radius 2 is 2.00 bits per heavy atom. The number of halogens is 1. The molecule has 1 saturated carbocycles. The maximum atomic E-state index is 11.8. The molecule has 0 bridgehead atoms. The highest BCUT2D eigenvalue weighted by molar-refractivity contribution is 6.20. The SMILES string of the molecule is CNC(=O)[C@@H]1C[C@@H]2CC[C@@H](Cl)C[C@@H]2N1C(C)=O. The quantitative estimate of drug-likeness (QED) is 0.717. The zero-order valence-corrected chi connectivity index (χ0v) is 11.0. The zero-order chi connectivity index (χ0) is 12.6. The zero-order valence-electron chi connectivity index (χ0n) is 10.3. The van der Waals surface area contributed by atoms with Crippen LogP contribution < -0.4 is 5.32 Å². The lowest BCUT2D eigenvalue weighted by atomic mass is 9.84. The molecule has 1 saturated heterocycles. The van der Waals surface area contributed by atoms with Gasteiger partial charge in [-0.1, -0.05) is 0 Å². The molecule has 96 valence electrons. The lowest BCUT2D eigenvalue weighted by molar-refractivity contribution is -0.138. The molecule has 1 aliphatic heterocycles. The maximum Gasteiger partial charge on any atom is 0.242 e. The summed E-state index contributed by atoms with van der Waals surface area (Å²) < 4.78 is 0. The van der Waals surface area contributed by atoms with Crippen LogP contribution >= 0.6 is 11.6 Å². The molecule has 0 aromatic heterocycles. The molecule has 17 heavy (non-hydrogen) atoms. The second kappa shape index (κ2) is 4.84. The highest BCUT2D eigenvalue weighted by atomic mass is 35.5. The van der Waals surface area contributed by atoms with Crippen LogP contribution in [-0.2, 0) is 9.59 Å². The van der Waals surface area contributed by atoms with Gasteiger partial charge in [-0.3, -0.25) is 9.59 Å². The highest BCUT2D eigenvalue weighted by Crippen LogP contribution is 2.41. The largest absolute Gasteiger partial charge is 0.357 e. The van der Waals surface area contributed by atoms with Gasteiger partial charge in [-0.25, -0.2) is 0 Å². The van der Waals surface area contributed by atoms with Crippen molar-refractivity contribution in [3.8, 4) is 0 Å². The van der Waals surface area contributed by atoms with Crippen LogP contribution in [0.25, 0.3) is 0 Å². The second-order valence-electron chi connectivity index (χ2n) is 5.03. The molecule has 4 nitrogen and oxygen atoms in total. The molecule has 4 atom stereocenters. The predicted molar refractivity (Wildman–Crippen MR) is 65.8 cm³/mol. The van der Waals surface area contributed by atoms with Crippen LogP contribution in [0.2, 0.25) is 0 Å². The number of amides is 2. The van der Waals surface area contributed by atoms with E-state index < -0.39 is 0 Å². The molecule has 0 aromatic carbocycles. The molecule has 2 rings (SSSR count). The van der Waals surface area contributed by atoms with Gasteiger partial charge in [-0.2, -0.15) is 0 Å². The first-order chi connectivity index (χ1) is 8.04. The van der Waals surface area contributed by atoms with Crippen molar-refractivity contribution >= 4 is 23.4 Å². The molecule has 0 spiro atoms. The number of likely N-dealkylation sites (tertiary alicyclic amines) is 1. The summed E-state index contributed by atoms with van der Waals surface area (Å²) in [5.74, 6) is 0.369. The van der Waals surface area contributed by atoms with E-state index in [1.807, 2.05) is 0 Å². The van der Waals surface area contributed by atoms with E-state index in [9.17, 15) is 9.59 Å². The Balaban J connectivity index is 2.20. The van der Waals surface area contributed by atoms with Gasteiger partial charge in [0.15, 0.2) is 0 Å². The number of fused-ring (bicyclic) bond motifs is 1. The molecule has 1 N–H and O–H groups in total. The number of nitrogens with one attached hydrogen (secondary N) is 1. The molecule has 1 heterocycles. The summed E-state index contributed by atoms with van der Waals surface area (Å²) in [6, 6.07) is -0.138. The van der Waals surface area contributed by atoms with Gasteiger partial charge in [-0.05, 0) is 31.6 Å². The third kappa shape index (κ3) is 2.28. The molecule has 0 unspecified atom stereocenters. The number of carbonyl (C=O) groups excluding carboxylic acids is 2. The van der Waals surface area contributed by atoms with Crippen LogP contribution in [0.15, 0.2) is 0 Å². The van der Waals surface area contributed by atoms with Crippen LogP contribution in [0, 0.1) is 5.92 Å². The average molecular weight is 259 g/mol. The van der Waals surface area contributed by atoms with Crippen LogP contribution in [-0.4, -0.2) is 41.2 Å². The van der Waals surface area contributed by atoms with E-state index in [-0.39, 0.29) is 29.3 Å². The minimum Gasteiger partial charge on any atom is -0.357 e. The third-order valence-electron chi connectivity index (χ3n) is 4.02. The van der Waals surface area contributed by atoms with Crippen LogP contribution in [0.5, 0.6) is 0 Å². The van der Waals surface area contributed by atoms with Gasteiger partial charge in [0, 0.05) is 25.4 Å². The van der Waals surface area contributed by atoms with Crippen LogP contribution in [0.3, 0.4) is 0 Å². The number of alkyl halides is 1. The highest BCUT2D eigenvalue weighted by Gasteiger charge is 2.47. The third-order valence-corrected chi connectivity index (χ3v) is 4.42. The fraction of sp³-hybridized carbons (Fsp3) is 0.833. The van der Waals surface area contributed by atoms with Crippen molar-refractivity contribution < 1.29 is 9.59 Å². The van der Waals surface area contributed by atoms with E-state index in [1.165, 1.54) is 6.92 Å². The van der Waals surface area contributed by atoms with Crippen molar-refractivity contribution in [1.29, 1.82) is 0 Å². The van der Waals surface area contributed by atoms with E-state index in [1.54, 1.807) is 11.9 Å². The molecule has 0 radical (unpaired) electrons. The number of hydrogen-bond donors (Lipinski definition) is 1. The van der Waals surface area contributed by atoms with Crippen molar-refractivity contribution in [3.63, 3.8) is 0 Å². The number of carbonyl (C=O) groups is 2. The Morgan fingerprint density at radius 3 is 2.59 bits per heavy atom. The molecule has 5 heteroatoms. The maximum absolute atomic E-state index is 11.8. The summed E-state index contributed by atoms with van der Waals surface area (Å²) in [5.41, 5.74) is 0. The predicted octanol–water partition coefficient (Wildman–Crippen LogP) is 1.13. The lowest BCUT2D eigenvalue weighted by Gasteiger charge is -2.34. The van der Waals surface area contributed by atoms with E-state index in [0.717, 1.165) is 25.7 Å². The molecular formula is C12H19ClN2O2. The van der Waals surface area contributed by atoms with E-state index in [0.29, 0.717) is 5.92 Å². The van der Waals surface area contributed by atoms with Gasteiger partial charge in [-0.15, -0.1) is 11.6 Å². The van der Waals surface area contributed by atoms with Crippen molar-refractivity contribution in [1.82, 2.24) is 10.2 Å². The molecule has 2 amide bonds. The number of likely N-dealkylation sites (N-methyl/N-ethyl adjacent to an activating group) is 1. The van der Waals surface area contributed by atoms with Crippen molar-refractivity contribution in [2.45, 2.75) is 50.1 Å². The van der Waals surface area contributed by atoms with Crippen molar-refractivity contribution in [2.24, 2.45) is 5.92 Å². The normalized spacial score (nSPS) is 36.5. The average Bonchev–Trinajstić information content (AvgIpc) is 2.66. The first-order valence-electron chi connectivity index (χ1n) is 6.19. The fourth-order valence-corrected chi connectivity index (χ4v) is 3.57. The molecule has 0 aromatic rings. The topological polar surface area (TPSA) is 49.4 Å². The monoisotopic (exact) mass is 258 g/mol. The van der Waals surface area contributed by atoms with E-state index in [4.69, 9.17) is 11.6 Å². The van der Waals surface area contributed by atoms with Crippen molar-refractivity contribution in [3.05, 3.63) is 0 Å². The van der Waals surface area contributed by atoms with Gasteiger partial charge >= 0.3 is 0 Å². The van der Waals surface area contributed by atoms with Gasteiger partial charge in [0.05, 0.1) is 0 Å². The Bertz CT molecular complexity index is 334.